The number of aliphatic hydroxyl groups excluding tert-OH is 1. The van der Waals surface area contributed by atoms with Crippen LogP contribution in [0.15, 0.2) is 24.3 Å². The van der Waals surface area contributed by atoms with E-state index in [0.717, 1.165) is 17.0 Å². The van der Waals surface area contributed by atoms with Crippen molar-refractivity contribution in [3.63, 3.8) is 0 Å². The second-order valence-electron chi connectivity index (χ2n) is 5.02. The molecule has 0 radical (unpaired) electrons. The van der Waals surface area contributed by atoms with E-state index in [0.29, 0.717) is 0 Å². The standard InChI is InChI=1S/C13H18N2O/c1-9-7-11(14-15(9)4)10-5-6-12(16)13(2,3)8-10/h5-8,12,16H,1-4H3. The van der Waals surface area contributed by atoms with Crippen molar-refractivity contribution in [1.82, 2.24) is 9.78 Å². The van der Waals surface area contributed by atoms with Gasteiger partial charge < -0.3 is 5.11 Å². The van der Waals surface area contributed by atoms with Crippen LogP contribution in [-0.2, 0) is 7.05 Å². The minimum absolute atomic E-state index is 0.227. The van der Waals surface area contributed by atoms with Crippen molar-refractivity contribution in [3.8, 4) is 0 Å². The predicted molar refractivity (Wildman–Crippen MR) is 64.8 cm³/mol. The Labute approximate surface area is 96.1 Å². The summed E-state index contributed by atoms with van der Waals surface area (Å²) in [6.07, 6.45) is 5.44. The Morgan fingerprint density at radius 3 is 2.62 bits per heavy atom. The Morgan fingerprint density at radius 1 is 1.44 bits per heavy atom. The number of rotatable bonds is 1. The summed E-state index contributed by atoms with van der Waals surface area (Å²) in [6, 6.07) is 2.06. The molecule has 0 spiro atoms. The molecule has 86 valence electrons. The molecule has 1 aromatic heterocycles. The third-order valence-electron chi connectivity index (χ3n) is 3.16. The van der Waals surface area contributed by atoms with E-state index in [9.17, 15) is 5.11 Å². The molecule has 1 aromatic rings. The first kappa shape index (κ1) is 11.1. The molecule has 2 rings (SSSR count). The lowest BCUT2D eigenvalue weighted by Gasteiger charge is -2.28. The number of aryl methyl sites for hydroxylation is 2. The van der Waals surface area contributed by atoms with Gasteiger partial charge in [-0.1, -0.05) is 32.1 Å². The molecule has 1 atom stereocenters. The minimum atomic E-state index is -0.416. The molecular formula is C13H18N2O. The Balaban J connectivity index is 2.40. The van der Waals surface area contributed by atoms with E-state index in [-0.39, 0.29) is 5.41 Å². The Hall–Kier alpha value is -1.35. The Bertz CT molecular complexity index is 447. The highest BCUT2D eigenvalue weighted by atomic mass is 16.3. The fourth-order valence-electron chi connectivity index (χ4n) is 1.84. The fraction of sp³-hybridized carbons (Fsp3) is 0.462. The van der Waals surface area contributed by atoms with Gasteiger partial charge in [0.05, 0.1) is 11.8 Å². The van der Waals surface area contributed by atoms with Gasteiger partial charge in [0.1, 0.15) is 0 Å². The normalized spacial score (nSPS) is 23.3. The van der Waals surface area contributed by atoms with Crippen molar-refractivity contribution in [3.05, 3.63) is 35.7 Å². The molecular weight excluding hydrogens is 200 g/mol. The lowest BCUT2D eigenvalue weighted by molar-refractivity contribution is 0.125. The largest absolute Gasteiger partial charge is 0.388 e. The molecule has 1 aliphatic carbocycles. The molecule has 16 heavy (non-hydrogen) atoms. The van der Waals surface area contributed by atoms with Crippen molar-refractivity contribution in [2.75, 3.05) is 0 Å². The first-order chi connectivity index (χ1) is 7.40. The van der Waals surface area contributed by atoms with Crippen LogP contribution in [0.1, 0.15) is 25.2 Å². The van der Waals surface area contributed by atoms with Crippen LogP contribution in [0, 0.1) is 12.3 Å². The molecule has 0 aromatic carbocycles. The maximum absolute atomic E-state index is 9.80. The first-order valence-corrected chi connectivity index (χ1v) is 5.50. The molecule has 1 heterocycles. The van der Waals surface area contributed by atoms with E-state index in [4.69, 9.17) is 0 Å². The summed E-state index contributed by atoms with van der Waals surface area (Å²) in [5.41, 5.74) is 2.96. The van der Waals surface area contributed by atoms with Crippen LogP contribution in [-0.4, -0.2) is 21.0 Å². The molecule has 0 aliphatic heterocycles. The lowest BCUT2D eigenvalue weighted by atomic mass is 9.80. The van der Waals surface area contributed by atoms with Crippen LogP contribution < -0.4 is 0 Å². The van der Waals surface area contributed by atoms with Crippen molar-refractivity contribution in [1.29, 1.82) is 0 Å². The highest BCUT2D eigenvalue weighted by Gasteiger charge is 2.27. The van der Waals surface area contributed by atoms with E-state index in [2.05, 4.69) is 17.2 Å². The van der Waals surface area contributed by atoms with Crippen LogP contribution in [0.2, 0.25) is 0 Å². The molecule has 0 bridgehead atoms. The quantitative estimate of drug-likeness (QED) is 0.783. The highest BCUT2D eigenvalue weighted by molar-refractivity contribution is 5.73. The average molecular weight is 218 g/mol. The molecule has 1 N–H and O–H groups in total. The number of allylic oxidation sites excluding steroid dienone is 2. The number of aliphatic hydroxyl groups is 1. The van der Waals surface area contributed by atoms with Crippen LogP contribution in [0.5, 0.6) is 0 Å². The zero-order chi connectivity index (χ0) is 11.9. The fourth-order valence-corrected chi connectivity index (χ4v) is 1.84. The second kappa shape index (κ2) is 3.59. The van der Waals surface area contributed by atoms with Gasteiger partial charge >= 0.3 is 0 Å². The SMILES string of the molecule is Cc1cc(C2=CC(C)(C)C(O)C=C2)nn1C. The zero-order valence-electron chi connectivity index (χ0n) is 10.2. The van der Waals surface area contributed by atoms with Gasteiger partial charge in [-0.05, 0) is 18.6 Å². The lowest BCUT2D eigenvalue weighted by Crippen LogP contribution is -2.27. The van der Waals surface area contributed by atoms with Crippen LogP contribution in [0.25, 0.3) is 5.57 Å². The van der Waals surface area contributed by atoms with Crippen LogP contribution >= 0.6 is 0 Å². The van der Waals surface area contributed by atoms with E-state index in [1.807, 2.05) is 44.7 Å². The Kier molecular flexibility index (Phi) is 2.50. The van der Waals surface area contributed by atoms with Crippen molar-refractivity contribution < 1.29 is 5.11 Å². The molecule has 0 fully saturated rings. The van der Waals surface area contributed by atoms with E-state index >= 15 is 0 Å². The van der Waals surface area contributed by atoms with E-state index in [1.165, 1.54) is 0 Å². The summed E-state index contributed by atoms with van der Waals surface area (Å²) in [5.74, 6) is 0. The summed E-state index contributed by atoms with van der Waals surface area (Å²) in [4.78, 5) is 0. The highest BCUT2D eigenvalue weighted by Crippen LogP contribution is 2.33. The molecule has 0 amide bonds. The van der Waals surface area contributed by atoms with Gasteiger partial charge in [-0.3, -0.25) is 4.68 Å². The van der Waals surface area contributed by atoms with Gasteiger partial charge in [-0.2, -0.15) is 5.10 Å². The van der Waals surface area contributed by atoms with E-state index in [1.54, 1.807) is 0 Å². The number of hydrogen-bond acceptors (Lipinski definition) is 2. The first-order valence-electron chi connectivity index (χ1n) is 5.50. The Morgan fingerprint density at radius 2 is 2.12 bits per heavy atom. The summed E-state index contributed by atoms with van der Waals surface area (Å²) < 4.78 is 1.86. The van der Waals surface area contributed by atoms with Crippen LogP contribution in [0.3, 0.4) is 0 Å². The molecule has 1 unspecified atom stereocenters. The average Bonchev–Trinajstić information content (AvgIpc) is 2.52. The van der Waals surface area contributed by atoms with Gasteiger partial charge in [-0.15, -0.1) is 0 Å². The third-order valence-corrected chi connectivity index (χ3v) is 3.16. The van der Waals surface area contributed by atoms with Gasteiger partial charge in [0.2, 0.25) is 0 Å². The smallest absolute Gasteiger partial charge is 0.0922 e. The summed E-state index contributed by atoms with van der Waals surface area (Å²) in [6.45, 7) is 6.08. The molecule has 3 heteroatoms. The summed E-state index contributed by atoms with van der Waals surface area (Å²) in [5, 5.41) is 14.2. The number of aromatic nitrogens is 2. The van der Waals surface area contributed by atoms with Crippen molar-refractivity contribution in [2.45, 2.75) is 26.9 Å². The van der Waals surface area contributed by atoms with E-state index < -0.39 is 6.10 Å². The van der Waals surface area contributed by atoms with Crippen molar-refractivity contribution >= 4 is 5.57 Å². The second-order valence-corrected chi connectivity index (χ2v) is 5.02. The third kappa shape index (κ3) is 1.83. The number of nitrogens with zero attached hydrogens (tertiary/aromatic N) is 2. The van der Waals surface area contributed by atoms with Gasteiger partial charge in [0, 0.05) is 18.2 Å². The monoisotopic (exact) mass is 218 g/mol. The van der Waals surface area contributed by atoms with Gasteiger partial charge in [-0.25, -0.2) is 0 Å². The maximum atomic E-state index is 9.80. The topological polar surface area (TPSA) is 38.1 Å². The zero-order valence-corrected chi connectivity index (χ0v) is 10.2. The van der Waals surface area contributed by atoms with Crippen LogP contribution in [0.4, 0.5) is 0 Å². The molecule has 3 nitrogen and oxygen atoms in total. The summed E-state index contributed by atoms with van der Waals surface area (Å²) >= 11 is 0. The predicted octanol–water partition coefficient (Wildman–Crippen LogP) is 2.07. The molecule has 0 saturated carbocycles. The van der Waals surface area contributed by atoms with Gasteiger partial charge in [0.25, 0.3) is 0 Å². The van der Waals surface area contributed by atoms with Gasteiger partial charge in [0.15, 0.2) is 0 Å². The summed E-state index contributed by atoms with van der Waals surface area (Å²) in [7, 11) is 1.94. The molecule has 0 saturated heterocycles. The molecule has 1 aliphatic rings. The minimum Gasteiger partial charge on any atom is -0.388 e. The maximum Gasteiger partial charge on any atom is 0.0922 e. The van der Waals surface area contributed by atoms with Crippen molar-refractivity contribution in [2.24, 2.45) is 12.5 Å². The number of hydrogen-bond donors (Lipinski definition) is 1.